The van der Waals surface area contributed by atoms with E-state index in [0.29, 0.717) is 36.5 Å². The van der Waals surface area contributed by atoms with Crippen LogP contribution in [0.15, 0.2) is 46.9 Å². The summed E-state index contributed by atoms with van der Waals surface area (Å²) in [6, 6.07) is 12.7. The smallest absolute Gasteiger partial charge is 0.253 e. The molecular formula is C20H20BrClN2O2. The first-order valence-electron chi connectivity index (χ1n) is 8.56. The average molecular weight is 436 g/mol. The Balaban J connectivity index is 1.55. The Morgan fingerprint density at radius 2 is 1.77 bits per heavy atom. The first-order valence-corrected chi connectivity index (χ1v) is 9.73. The molecule has 0 aromatic heterocycles. The van der Waals surface area contributed by atoms with E-state index >= 15 is 0 Å². The van der Waals surface area contributed by atoms with Gasteiger partial charge in [-0.1, -0.05) is 27.5 Å². The van der Waals surface area contributed by atoms with Crippen LogP contribution in [-0.4, -0.2) is 29.8 Å². The quantitative estimate of drug-likeness (QED) is 0.745. The Morgan fingerprint density at radius 1 is 1.12 bits per heavy atom. The van der Waals surface area contributed by atoms with Crippen LogP contribution < -0.4 is 5.32 Å². The van der Waals surface area contributed by atoms with Crippen LogP contribution in [0.2, 0.25) is 5.02 Å². The molecule has 1 fully saturated rings. The molecule has 2 amide bonds. The molecule has 0 atom stereocenters. The fraction of sp³-hybridized carbons (Fsp3) is 0.300. The van der Waals surface area contributed by atoms with Crippen molar-refractivity contribution in [3.05, 3.63) is 63.1 Å². The summed E-state index contributed by atoms with van der Waals surface area (Å²) in [5, 5.41) is 3.59. The van der Waals surface area contributed by atoms with E-state index in [-0.39, 0.29) is 17.7 Å². The number of likely N-dealkylation sites (tertiary alicyclic amines) is 1. The predicted octanol–water partition coefficient (Wildman–Crippen LogP) is 4.90. The van der Waals surface area contributed by atoms with Crippen molar-refractivity contribution < 1.29 is 9.59 Å². The fourth-order valence-corrected chi connectivity index (χ4v) is 3.46. The Bertz CT molecular complexity index is 815. The van der Waals surface area contributed by atoms with E-state index in [9.17, 15) is 9.59 Å². The molecule has 1 heterocycles. The van der Waals surface area contributed by atoms with Crippen LogP contribution in [0.25, 0.3) is 0 Å². The lowest BCUT2D eigenvalue weighted by Crippen LogP contribution is -2.41. The van der Waals surface area contributed by atoms with Gasteiger partial charge in [-0.15, -0.1) is 0 Å². The number of benzene rings is 2. The molecule has 3 rings (SSSR count). The average Bonchev–Trinajstić information content (AvgIpc) is 2.65. The molecule has 6 heteroatoms. The van der Waals surface area contributed by atoms with E-state index in [0.717, 1.165) is 15.7 Å². The molecule has 1 aliphatic rings. The van der Waals surface area contributed by atoms with Gasteiger partial charge in [0.2, 0.25) is 5.91 Å². The number of rotatable bonds is 3. The number of carbonyl (C=O) groups is 2. The highest BCUT2D eigenvalue weighted by atomic mass is 79.9. The minimum absolute atomic E-state index is 0.0101. The minimum atomic E-state index is -0.0757. The first-order chi connectivity index (χ1) is 12.4. The van der Waals surface area contributed by atoms with E-state index in [4.69, 9.17) is 11.6 Å². The van der Waals surface area contributed by atoms with Crippen molar-refractivity contribution in [2.45, 2.75) is 19.8 Å². The van der Waals surface area contributed by atoms with Crippen LogP contribution in [-0.2, 0) is 4.79 Å². The monoisotopic (exact) mass is 434 g/mol. The van der Waals surface area contributed by atoms with E-state index in [1.165, 1.54) is 0 Å². The van der Waals surface area contributed by atoms with Crippen LogP contribution in [0, 0.1) is 12.8 Å². The highest BCUT2D eigenvalue weighted by molar-refractivity contribution is 9.10. The number of hydrogen-bond acceptors (Lipinski definition) is 2. The largest absolute Gasteiger partial charge is 0.339 e. The molecule has 4 nitrogen and oxygen atoms in total. The summed E-state index contributed by atoms with van der Waals surface area (Å²) >= 11 is 9.33. The van der Waals surface area contributed by atoms with E-state index in [2.05, 4.69) is 21.2 Å². The Kier molecular flexibility index (Phi) is 5.99. The molecule has 0 radical (unpaired) electrons. The van der Waals surface area contributed by atoms with Gasteiger partial charge < -0.3 is 10.2 Å². The maximum Gasteiger partial charge on any atom is 0.253 e. The van der Waals surface area contributed by atoms with Gasteiger partial charge in [-0.3, -0.25) is 9.59 Å². The fourth-order valence-electron chi connectivity index (χ4n) is 3.09. The molecule has 0 aliphatic carbocycles. The zero-order valence-corrected chi connectivity index (χ0v) is 16.8. The molecule has 0 bridgehead atoms. The number of nitrogens with zero attached hydrogens (tertiary/aromatic N) is 1. The second kappa shape index (κ2) is 8.23. The van der Waals surface area contributed by atoms with Crippen molar-refractivity contribution in [2.75, 3.05) is 18.4 Å². The number of hydrogen-bond donors (Lipinski definition) is 1. The van der Waals surface area contributed by atoms with Crippen LogP contribution in [0.3, 0.4) is 0 Å². The molecule has 1 saturated heterocycles. The summed E-state index contributed by atoms with van der Waals surface area (Å²) in [6.45, 7) is 3.15. The van der Waals surface area contributed by atoms with Crippen molar-refractivity contribution in [3.8, 4) is 0 Å². The molecule has 0 unspecified atom stereocenters. The maximum absolute atomic E-state index is 12.5. The molecule has 2 aromatic carbocycles. The zero-order chi connectivity index (χ0) is 18.7. The van der Waals surface area contributed by atoms with Gasteiger partial charge in [0.1, 0.15) is 0 Å². The third kappa shape index (κ3) is 4.46. The van der Waals surface area contributed by atoms with Gasteiger partial charge in [0.25, 0.3) is 5.91 Å². The summed E-state index contributed by atoms with van der Waals surface area (Å²) < 4.78 is 1.02. The number of amides is 2. The van der Waals surface area contributed by atoms with Crippen LogP contribution >= 0.6 is 27.5 Å². The topological polar surface area (TPSA) is 49.4 Å². The Labute approximate surface area is 166 Å². The second-order valence-corrected chi connectivity index (χ2v) is 7.82. The van der Waals surface area contributed by atoms with Gasteiger partial charge in [-0.05, 0) is 67.8 Å². The van der Waals surface area contributed by atoms with Crippen LogP contribution in [0.5, 0.6) is 0 Å². The van der Waals surface area contributed by atoms with Crippen molar-refractivity contribution in [1.82, 2.24) is 4.90 Å². The number of anilines is 1. The lowest BCUT2D eigenvalue weighted by atomic mass is 9.95. The lowest BCUT2D eigenvalue weighted by Gasteiger charge is -2.31. The molecule has 136 valence electrons. The maximum atomic E-state index is 12.5. The van der Waals surface area contributed by atoms with Gasteiger partial charge in [0.05, 0.1) is 0 Å². The molecule has 26 heavy (non-hydrogen) atoms. The molecule has 2 aromatic rings. The molecular weight excluding hydrogens is 416 g/mol. The highest BCUT2D eigenvalue weighted by Crippen LogP contribution is 2.24. The standard InChI is InChI=1S/C20H20BrClN2O2/c1-13-12-17(6-7-18(13)21)23-19(25)14-8-10-24(11-9-14)20(26)15-2-4-16(22)5-3-15/h2-7,12,14H,8-11H2,1H3,(H,23,25). The summed E-state index contributed by atoms with van der Waals surface area (Å²) in [5.74, 6) is -0.0670. The normalized spacial score (nSPS) is 15.0. The van der Waals surface area contributed by atoms with Crippen LogP contribution in [0.1, 0.15) is 28.8 Å². The summed E-state index contributed by atoms with van der Waals surface area (Å²) in [5.41, 5.74) is 2.50. The molecule has 1 aliphatic heterocycles. The summed E-state index contributed by atoms with van der Waals surface area (Å²) in [7, 11) is 0. The Hall–Kier alpha value is -1.85. The highest BCUT2D eigenvalue weighted by Gasteiger charge is 2.27. The first kappa shape index (κ1) is 18.9. The number of nitrogens with one attached hydrogen (secondary N) is 1. The van der Waals surface area contributed by atoms with Gasteiger partial charge in [0, 0.05) is 39.8 Å². The number of carbonyl (C=O) groups excluding carboxylic acids is 2. The van der Waals surface area contributed by atoms with E-state index in [1.54, 1.807) is 29.2 Å². The van der Waals surface area contributed by atoms with Crippen molar-refractivity contribution in [1.29, 1.82) is 0 Å². The number of piperidine rings is 1. The third-order valence-electron chi connectivity index (χ3n) is 4.67. The number of aryl methyl sites for hydroxylation is 1. The number of halogens is 2. The van der Waals surface area contributed by atoms with Crippen molar-refractivity contribution >= 4 is 45.0 Å². The molecule has 0 saturated carbocycles. The predicted molar refractivity (Wildman–Crippen MR) is 108 cm³/mol. The van der Waals surface area contributed by atoms with Gasteiger partial charge in [-0.25, -0.2) is 0 Å². The summed E-state index contributed by atoms with van der Waals surface area (Å²) in [6.07, 6.45) is 1.33. The molecule has 0 spiro atoms. The van der Waals surface area contributed by atoms with Gasteiger partial charge in [-0.2, -0.15) is 0 Å². The van der Waals surface area contributed by atoms with Gasteiger partial charge >= 0.3 is 0 Å². The van der Waals surface area contributed by atoms with E-state index in [1.807, 2.05) is 25.1 Å². The second-order valence-electron chi connectivity index (χ2n) is 6.53. The van der Waals surface area contributed by atoms with E-state index < -0.39 is 0 Å². The lowest BCUT2D eigenvalue weighted by molar-refractivity contribution is -0.121. The zero-order valence-electron chi connectivity index (χ0n) is 14.5. The SMILES string of the molecule is Cc1cc(NC(=O)C2CCN(C(=O)c3ccc(Cl)cc3)CC2)ccc1Br. The molecule has 1 N–H and O–H groups in total. The van der Waals surface area contributed by atoms with Gasteiger partial charge in [0.15, 0.2) is 0 Å². The van der Waals surface area contributed by atoms with Crippen molar-refractivity contribution in [3.63, 3.8) is 0 Å². The van der Waals surface area contributed by atoms with Crippen LogP contribution in [0.4, 0.5) is 5.69 Å². The Morgan fingerprint density at radius 3 is 2.38 bits per heavy atom. The third-order valence-corrected chi connectivity index (χ3v) is 5.81. The minimum Gasteiger partial charge on any atom is -0.339 e. The van der Waals surface area contributed by atoms with Crippen molar-refractivity contribution in [2.24, 2.45) is 5.92 Å². The summed E-state index contributed by atoms with van der Waals surface area (Å²) in [4.78, 5) is 26.8.